The molecule has 2 heterocycles. The summed E-state index contributed by atoms with van der Waals surface area (Å²) >= 11 is 2.64. The predicted octanol–water partition coefficient (Wildman–Crippen LogP) is 5.14. The van der Waals surface area contributed by atoms with Crippen LogP contribution in [0.3, 0.4) is 0 Å². The van der Waals surface area contributed by atoms with Crippen LogP contribution in [-0.2, 0) is 4.74 Å². The van der Waals surface area contributed by atoms with E-state index < -0.39 is 0 Å². The number of ether oxygens (including phenoxy) is 1. The van der Waals surface area contributed by atoms with E-state index in [4.69, 9.17) is 4.74 Å². The Labute approximate surface area is 197 Å². The molecule has 4 rings (SSSR count). The fourth-order valence-corrected chi connectivity index (χ4v) is 6.31. The molecule has 4 aliphatic rings. The average molecular weight is 528 g/mol. The van der Waals surface area contributed by atoms with Crippen molar-refractivity contribution in [1.29, 1.82) is 0 Å². The van der Waals surface area contributed by atoms with Gasteiger partial charge in [-0.15, -0.1) is 0 Å². The second kappa shape index (κ2) is 12.1. The van der Waals surface area contributed by atoms with Crippen molar-refractivity contribution in [2.24, 2.45) is 5.92 Å². The highest BCUT2D eigenvalue weighted by Gasteiger charge is 2.31. The number of hydrogen-bond donors (Lipinski definition) is 2. The maximum atomic E-state index is 5.63. The van der Waals surface area contributed by atoms with E-state index in [9.17, 15) is 0 Å². The largest absolute Gasteiger partial charge is 0.385 e. The van der Waals surface area contributed by atoms with Crippen molar-refractivity contribution in [2.45, 2.75) is 93.1 Å². The first-order chi connectivity index (χ1) is 14.8. The molecule has 0 spiro atoms. The molecule has 0 aromatic rings. The Bertz CT molecular complexity index is 579. The Hall–Kier alpha value is -0.270. The van der Waals surface area contributed by atoms with Gasteiger partial charge in [0.1, 0.15) is 0 Å². The third-order valence-corrected chi connectivity index (χ3v) is 8.71. The molecular weight excluding hydrogens is 485 g/mol. The zero-order valence-corrected chi connectivity index (χ0v) is 20.9. The van der Waals surface area contributed by atoms with E-state index in [0.29, 0.717) is 18.0 Å². The number of hydrogen-bond acceptors (Lipinski definition) is 4. The van der Waals surface area contributed by atoms with Crippen molar-refractivity contribution < 1.29 is 4.74 Å². The summed E-state index contributed by atoms with van der Waals surface area (Å²) < 4.78 is 6.50. The van der Waals surface area contributed by atoms with E-state index in [1.165, 1.54) is 88.4 Å². The molecule has 0 bridgehead atoms. The van der Waals surface area contributed by atoms with Crippen LogP contribution in [0.25, 0.3) is 0 Å². The summed E-state index contributed by atoms with van der Waals surface area (Å²) in [5.74, 6) is 0.603. The first kappa shape index (κ1) is 22.9. The number of nitrogens with one attached hydrogen (secondary N) is 2. The fourth-order valence-electron chi connectivity index (χ4n) is 5.59. The number of alkyl halides is 1. The Morgan fingerprint density at radius 2 is 1.60 bits per heavy atom. The third kappa shape index (κ3) is 6.61. The molecule has 2 N–H and O–H groups in total. The van der Waals surface area contributed by atoms with Crippen molar-refractivity contribution >= 4 is 22.6 Å². The molecule has 2 unspecified atom stereocenters. The molecule has 0 radical (unpaired) electrons. The van der Waals surface area contributed by atoms with Gasteiger partial charge in [0, 0.05) is 46.4 Å². The lowest BCUT2D eigenvalue weighted by Gasteiger charge is -2.39. The first-order valence-electron chi connectivity index (χ1n) is 12.7. The van der Waals surface area contributed by atoms with E-state index in [2.05, 4.69) is 50.3 Å². The third-order valence-electron chi connectivity index (χ3n) is 7.46. The predicted molar refractivity (Wildman–Crippen MR) is 134 cm³/mol. The first-order valence-corrected chi connectivity index (χ1v) is 13.9. The van der Waals surface area contributed by atoms with Crippen molar-refractivity contribution in [3.05, 3.63) is 23.5 Å². The van der Waals surface area contributed by atoms with Gasteiger partial charge in [0.05, 0.1) is 13.2 Å². The average Bonchev–Trinajstić information content (AvgIpc) is 2.77. The van der Waals surface area contributed by atoms with Crippen LogP contribution in [0, 0.1) is 5.92 Å². The molecule has 4 nitrogen and oxygen atoms in total. The number of nitrogens with zero attached hydrogens (tertiary/aromatic N) is 1. The number of halogens is 1. The van der Waals surface area contributed by atoms with Gasteiger partial charge in [0.2, 0.25) is 0 Å². The lowest BCUT2D eigenvalue weighted by molar-refractivity contribution is 0.0546. The van der Waals surface area contributed by atoms with E-state index in [0.717, 1.165) is 36.8 Å². The Kier molecular flexibility index (Phi) is 9.24. The highest BCUT2D eigenvalue weighted by atomic mass is 127. The Balaban J connectivity index is 1.51. The Morgan fingerprint density at radius 1 is 0.900 bits per heavy atom. The van der Waals surface area contributed by atoms with Crippen LogP contribution >= 0.6 is 22.6 Å². The molecule has 2 saturated heterocycles. The van der Waals surface area contributed by atoms with Crippen LogP contribution in [0.5, 0.6) is 0 Å². The van der Waals surface area contributed by atoms with Crippen LogP contribution in [0.4, 0.5) is 0 Å². The standard InChI is InChI=1S/C25H42IN3O/c26-20-9-11-21(12-10-20)28-25-19-22(29-14-16-30-17-15-29)18-24-23(25)8-6-4-2-1-3-5-7-13-27-24/h18-21,23-24,27-28H,1-17H2/t20-,21+,23?,24?. The Morgan fingerprint density at radius 3 is 2.37 bits per heavy atom. The quantitative estimate of drug-likeness (QED) is 0.394. The van der Waals surface area contributed by atoms with Gasteiger partial charge in [0.25, 0.3) is 0 Å². The molecule has 0 aromatic carbocycles. The minimum absolute atomic E-state index is 0.468. The highest BCUT2D eigenvalue weighted by Crippen LogP contribution is 2.32. The summed E-state index contributed by atoms with van der Waals surface area (Å²) in [5.41, 5.74) is 2.94. The fraction of sp³-hybridized carbons (Fsp3) is 0.840. The monoisotopic (exact) mass is 527 g/mol. The van der Waals surface area contributed by atoms with E-state index in [-0.39, 0.29) is 0 Å². The lowest BCUT2D eigenvalue weighted by atomic mass is 9.84. The van der Waals surface area contributed by atoms with E-state index >= 15 is 0 Å². The molecule has 0 aromatic heterocycles. The number of morpholine rings is 1. The van der Waals surface area contributed by atoms with Crippen LogP contribution in [0.15, 0.2) is 23.5 Å². The maximum Gasteiger partial charge on any atom is 0.0642 e. The molecule has 30 heavy (non-hydrogen) atoms. The van der Waals surface area contributed by atoms with Crippen molar-refractivity contribution in [1.82, 2.24) is 15.5 Å². The van der Waals surface area contributed by atoms with Gasteiger partial charge in [0.15, 0.2) is 0 Å². The maximum absolute atomic E-state index is 5.63. The summed E-state index contributed by atoms with van der Waals surface area (Å²) in [4.78, 5) is 2.54. The van der Waals surface area contributed by atoms with Crippen molar-refractivity contribution in [3.63, 3.8) is 0 Å². The van der Waals surface area contributed by atoms with Gasteiger partial charge in [-0.1, -0.05) is 61.1 Å². The highest BCUT2D eigenvalue weighted by molar-refractivity contribution is 14.1. The molecule has 1 saturated carbocycles. The smallest absolute Gasteiger partial charge is 0.0642 e. The zero-order chi connectivity index (χ0) is 20.6. The van der Waals surface area contributed by atoms with Crippen LogP contribution in [0.1, 0.15) is 77.0 Å². The molecule has 2 aliphatic heterocycles. The molecule has 2 atom stereocenters. The minimum Gasteiger partial charge on any atom is -0.385 e. The summed E-state index contributed by atoms with van der Waals surface area (Å²) in [6.07, 6.45) is 21.5. The SMILES string of the molecule is I[C@H]1CC[C@@H](NC2=CC(N3CCOCC3)=CC3NCCCCCCCCCC23)CC1. The molecule has 170 valence electrons. The molecule has 0 amide bonds. The second-order valence-electron chi connectivity index (χ2n) is 9.73. The molecule has 3 fully saturated rings. The number of allylic oxidation sites excluding steroid dienone is 1. The summed E-state index contributed by atoms with van der Waals surface area (Å²) in [6, 6.07) is 1.13. The molecule has 2 aliphatic carbocycles. The van der Waals surface area contributed by atoms with Crippen LogP contribution < -0.4 is 10.6 Å². The van der Waals surface area contributed by atoms with Gasteiger partial charge in [-0.2, -0.15) is 0 Å². The van der Waals surface area contributed by atoms with Gasteiger partial charge >= 0.3 is 0 Å². The molecule has 5 heteroatoms. The summed E-state index contributed by atoms with van der Waals surface area (Å²) in [5, 5.41) is 8.04. The number of fused-ring (bicyclic) bond motifs is 1. The summed E-state index contributed by atoms with van der Waals surface area (Å²) in [7, 11) is 0. The lowest BCUT2D eigenvalue weighted by Crippen LogP contribution is -2.46. The van der Waals surface area contributed by atoms with Crippen LogP contribution in [-0.4, -0.2) is 53.8 Å². The van der Waals surface area contributed by atoms with E-state index in [1.807, 2.05) is 0 Å². The normalized spacial score (nSPS) is 34.6. The van der Waals surface area contributed by atoms with E-state index in [1.54, 1.807) is 0 Å². The minimum atomic E-state index is 0.468. The van der Waals surface area contributed by atoms with Gasteiger partial charge in [-0.05, 0) is 57.2 Å². The van der Waals surface area contributed by atoms with Crippen molar-refractivity contribution in [2.75, 3.05) is 32.8 Å². The van der Waals surface area contributed by atoms with Gasteiger partial charge in [-0.25, -0.2) is 0 Å². The van der Waals surface area contributed by atoms with Gasteiger partial charge < -0.3 is 20.3 Å². The second-order valence-corrected chi connectivity index (χ2v) is 11.5. The van der Waals surface area contributed by atoms with Gasteiger partial charge in [-0.3, -0.25) is 0 Å². The summed E-state index contributed by atoms with van der Waals surface area (Å²) in [6.45, 7) is 4.91. The van der Waals surface area contributed by atoms with Crippen molar-refractivity contribution in [3.8, 4) is 0 Å². The number of rotatable bonds is 3. The zero-order valence-electron chi connectivity index (χ0n) is 18.7. The molecular formula is C25H42IN3O. The van der Waals surface area contributed by atoms with Crippen LogP contribution in [0.2, 0.25) is 0 Å². The topological polar surface area (TPSA) is 36.5 Å².